The van der Waals surface area contributed by atoms with E-state index in [4.69, 9.17) is 5.11 Å². The van der Waals surface area contributed by atoms with Gasteiger partial charge in [0, 0.05) is 12.0 Å². The summed E-state index contributed by atoms with van der Waals surface area (Å²) in [6, 6.07) is 0. The third kappa shape index (κ3) is 0.323. The molecule has 3 saturated carbocycles. The van der Waals surface area contributed by atoms with Crippen molar-refractivity contribution in [3.05, 3.63) is 0 Å². The van der Waals surface area contributed by atoms with Gasteiger partial charge in [-0.2, -0.15) is 0 Å². The van der Waals surface area contributed by atoms with Gasteiger partial charge in [0.05, 0.1) is 0 Å². The highest BCUT2D eigenvalue weighted by atomic mass is 19.1. The Kier molecular flexibility index (Phi) is 0.561. The standard InChI is InChI=1S/C6H9FO/c7-6-1-5(2-6,3-6)4-8/h8H,1-4H2. The van der Waals surface area contributed by atoms with E-state index in [0.29, 0.717) is 19.3 Å². The Bertz CT molecular complexity index is 113. The smallest absolute Gasteiger partial charge is 0.113 e. The van der Waals surface area contributed by atoms with Gasteiger partial charge in [-0.1, -0.05) is 0 Å². The Morgan fingerprint density at radius 1 is 1.38 bits per heavy atom. The summed E-state index contributed by atoms with van der Waals surface area (Å²) in [6.45, 7) is 0.193. The summed E-state index contributed by atoms with van der Waals surface area (Å²) in [6.07, 6.45) is 1.86. The molecule has 2 bridgehead atoms. The Labute approximate surface area is 47.5 Å². The normalized spacial score (nSPS) is 59.2. The van der Waals surface area contributed by atoms with Gasteiger partial charge in [0.15, 0.2) is 0 Å². The molecule has 3 aliphatic carbocycles. The van der Waals surface area contributed by atoms with Crippen LogP contribution in [0.3, 0.4) is 0 Å². The van der Waals surface area contributed by atoms with E-state index >= 15 is 0 Å². The second-order valence-electron chi connectivity index (χ2n) is 3.34. The van der Waals surface area contributed by atoms with Gasteiger partial charge in [-0.05, 0) is 19.3 Å². The van der Waals surface area contributed by atoms with Crippen molar-refractivity contribution < 1.29 is 9.50 Å². The van der Waals surface area contributed by atoms with E-state index < -0.39 is 5.67 Å². The molecular formula is C6H9FO. The van der Waals surface area contributed by atoms with Crippen molar-refractivity contribution in [1.29, 1.82) is 0 Å². The highest BCUT2D eigenvalue weighted by molar-refractivity contribution is 5.18. The van der Waals surface area contributed by atoms with Gasteiger partial charge < -0.3 is 5.11 Å². The fourth-order valence-corrected chi connectivity index (χ4v) is 2.03. The first-order valence-corrected chi connectivity index (χ1v) is 2.98. The van der Waals surface area contributed by atoms with Gasteiger partial charge in [0.2, 0.25) is 0 Å². The van der Waals surface area contributed by atoms with Crippen LogP contribution in [-0.4, -0.2) is 17.4 Å². The molecule has 0 saturated heterocycles. The summed E-state index contributed by atoms with van der Waals surface area (Å²) >= 11 is 0. The van der Waals surface area contributed by atoms with E-state index in [2.05, 4.69) is 0 Å². The second kappa shape index (κ2) is 0.947. The number of alkyl halides is 1. The van der Waals surface area contributed by atoms with Crippen LogP contribution in [0.5, 0.6) is 0 Å². The van der Waals surface area contributed by atoms with Gasteiger partial charge in [0.1, 0.15) is 5.67 Å². The molecule has 0 atom stereocenters. The molecule has 0 aromatic heterocycles. The zero-order valence-corrected chi connectivity index (χ0v) is 4.65. The summed E-state index contributed by atoms with van der Waals surface area (Å²) in [4.78, 5) is 0. The fraction of sp³-hybridized carbons (Fsp3) is 1.00. The van der Waals surface area contributed by atoms with E-state index in [9.17, 15) is 4.39 Å². The van der Waals surface area contributed by atoms with Crippen molar-refractivity contribution in [2.75, 3.05) is 6.61 Å². The minimum atomic E-state index is -0.831. The maximum atomic E-state index is 12.6. The zero-order chi connectivity index (χ0) is 5.83. The summed E-state index contributed by atoms with van der Waals surface area (Å²) in [5.74, 6) is 0. The molecule has 0 radical (unpaired) electrons. The van der Waals surface area contributed by atoms with Crippen LogP contribution in [0.2, 0.25) is 0 Å². The summed E-state index contributed by atoms with van der Waals surface area (Å²) in [5.41, 5.74) is -0.780. The molecule has 1 N–H and O–H groups in total. The molecule has 1 nitrogen and oxygen atoms in total. The lowest BCUT2D eigenvalue weighted by molar-refractivity contribution is -0.230. The zero-order valence-electron chi connectivity index (χ0n) is 4.65. The molecule has 0 amide bonds. The molecule has 3 rings (SSSR count). The molecule has 2 heteroatoms. The Balaban J connectivity index is 2.04. The van der Waals surface area contributed by atoms with Crippen LogP contribution in [0.1, 0.15) is 19.3 Å². The Morgan fingerprint density at radius 3 is 2.00 bits per heavy atom. The monoisotopic (exact) mass is 116 g/mol. The molecular weight excluding hydrogens is 107 g/mol. The Hall–Kier alpha value is -0.110. The predicted molar refractivity (Wildman–Crippen MR) is 27.2 cm³/mol. The number of aliphatic hydroxyl groups excluding tert-OH is 1. The average Bonchev–Trinajstić information content (AvgIpc) is 1.55. The molecule has 0 aliphatic heterocycles. The third-order valence-corrected chi connectivity index (χ3v) is 2.41. The van der Waals surface area contributed by atoms with E-state index in [0.717, 1.165) is 0 Å². The molecule has 46 valence electrons. The molecule has 3 fully saturated rings. The summed E-state index contributed by atoms with van der Waals surface area (Å²) < 4.78 is 12.6. The van der Waals surface area contributed by atoms with Crippen LogP contribution in [0, 0.1) is 5.41 Å². The average molecular weight is 116 g/mol. The highest BCUT2D eigenvalue weighted by Gasteiger charge is 2.68. The molecule has 0 aromatic carbocycles. The van der Waals surface area contributed by atoms with Crippen LogP contribution in [0.4, 0.5) is 4.39 Å². The second-order valence-corrected chi connectivity index (χ2v) is 3.34. The van der Waals surface area contributed by atoms with E-state index in [1.807, 2.05) is 0 Å². The van der Waals surface area contributed by atoms with Crippen molar-refractivity contribution in [1.82, 2.24) is 0 Å². The molecule has 0 unspecified atom stereocenters. The lowest BCUT2D eigenvalue weighted by Crippen LogP contribution is -2.65. The number of hydrogen-bond donors (Lipinski definition) is 1. The van der Waals surface area contributed by atoms with E-state index in [1.165, 1.54) is 0 Å². The first kappa shape index (κ1) is 4.74. The minimum absolute atomic E-state index is 0.0503. The van der Waals surface area contributed by atoms with Gasteiger partial charge in [-0.15, -0.1) is 0 Å². The van der Waals surface area contributed by atoms with Crippen LogP contribution < -0.4 is 0 Å². The largest absolute Gasteiger partial charge is 0.396 e. The summed E-state index contributed by atoms with van der Waals surface area (Å²) in [7, 11) is 0. The first-order chi connectivity index (χ1) is 3.68. The van der Waals surface area contributed by atoms with Gasteiger partial charge in [-0.3, -0.25) is 0 Å². The topological polar surface area (TPSA) is 20.2 Å². The molecule has 3 aliphatic rings. The fourth-order valence-electron chi connectivity index (χ4n) is 2.03. The van der Waals surface area contributed by atoms with Crippen molar-refractivity contribution in [3.63, 3.8) is 0 Å². The SMILES string of the molecule is OCC12CC(F)(C1)C2. The number of rotatable bonds is 1. The minimum Gasteiger partial charge on any atom is -0.396 e. The first-order valence-electron chi connectivity index (χ1n) is 2.98. The van der Waals surface area contributed by atoms with Crippen molar-refractivity contribution in [2.45, 2.75) is 24.9 Å². The van der Waals surface area contributed by atoms with E-state index in [-0.39, 0.29) is 12.0 Å². The van der Waals surface area contributed by atoms with Gasteiger partial charge >= 0.3 is 0 Å². The summed E-state index contributed by atoms with van der Waals surface area (Å²) in [5, 5.41) is 8.63. The van der Waals surface area contributed by atoms with E-state index in [1.54, 1.807) is 0 Å². The molecule has 8 heavy (non-hydrogen) atoms. The number of hydrogen-bond acceptors (Lipinski definition) is 1. The number of halogens is 1. The molecule has 0 heterocycles. The van der Waals surface area contributed by atoms with Crippen LogP contribution in [-0.2, 0) is 0 Å². The highest BCUT2D eigenvalue weighted by Crippen LogP contribution is 2.68. The lowest BCUT2D eigenvalue weighted by Gasteiger charge is -2.65. The maximum absolute atomic E-state index is 12.6. The molecule has 0 aromatic rings. The number of aliphatic hydroxyl groups is 1. The predicted octanol–water partition coefficient (Wildman–Crippen LogP) is 0.871. The van der Waals surface area contributed by atoms with Crippen LogP contribution in [0.25, 0.3) is 0 Å². The van der Waals surface area contributed by atoms with Crippen molar-refractivity contribution in [2.24, 2.45) is 5.41 Å². The lowest BCUT2D eigenvalue weighted by atomic mass is 9.43. The Morgan fingerprint density at radius 2 is 1.88 bits per heavy atom. The van der Waals surface area contributed by atoms with Crippen LogP contribution in [0.15, 0.2) is 0 Å². The van der Waals surface area contributed by atoms with Crippen LogP contribution >= 0.6 is 0 Å². The molecule has 0 spiro atoms. The quantitative estimate of drug-likeness (QED) is 0.539. The van der Waals surface area contributed by atoms with Crippen molar-refractivity contribution in [3.8, 4) is 0 Å². The third-order valence-electron chi connectivity index (χ3n) is 2.41. The maximum Gasteiger partial charge on any atom is 0.113 e. The van der Waals surface area contributed by atoms with Gasteiger partial charge in [-0.25, -0.2) is 4.39 Å². The van der Waals surface area contributed by atoms with Crippen molar-refractivity contribution >= 4 is 0 Å². The van der Waals surface area contributed by atoms with Gasteiger partial charge in [0.25, 0.3) is 0 Å².